The smallest absolute Gasteiger partial charge is 0.233 e. The van der Waals surface area contributed by atoms with Gasteiger partial charge in [-0.3, -0.25) is 9.59 Å². The molecule has 2 N–H and O–H groups in total. The van der Waals surface area contributed by atoms with Gasteiger partial charge in [-0.15, -0.1) is 0 Å². The molecule has 1 fully saturated rings. The van der Waals surface area contributed by atoms with E-state index in [9.17, 15) is 9.59 Å². The predicted molar refractivity (Wildman–Crippen MR) is 93.6 cm³/mol. The summed E-state index contributed by atoms with van der Waals surface area (Å²) in [6, 6.07) is 7.78. The summed E-state index contributed by atoms with van der Waals surface area (Å²) in [6.07, 6.45) is 6.75. The highest BCUT2D eigenvalue weighted by molar-refractivity contribution is 6.03. The van der Waals surface area contributed by atoms with E-state index in [-0.39, 0.29) is 24.3 Å². The summed E-state index contributed by atoms with van der Waals surface area (Å²) >= 11 is 0. The minimum Gasteiger partial charge on any atom is -0.378 e. The zero-order valence-corrected chi connectivity index (χ0v) is 14.1. The third-order valence-electron chi connectivity index (χ3n) is 4.21. The van der Waals surface area contributed by atoms with Gasteiger partial charge in [0.2, 0.25) is 11.8 Å². The fourth-order valence-corrected chi connectivity index (χ4v) is 2.90. The molecular formula is C18H27N3O2. The van der Waals surface area contributed by atoms with Crippen molar-refractivity contribution in [3.63, 3.8) is 0 Å². The third kappa shape index (κ3) is 5.93. The molecule has 5 heteroatoms. The topological polar surface area (TPSA) is 61.4 Å². The number of hydrogen-bond acceptors (Lipinski definition) is 3. The van der Waals surface area contributed by atoms with Gasteiger partial charge in [-0.1, -0.05) is 25.7 Å². The highest BCUT2D eigenvalue weighted by atomic mass is 16.2. The number of hydrogen-bond donors (Lipinski definition) is 2. The van der Waals surface area contributed by atoms with E-state index in [0.29, 0.717) is 5.69 Å². The highest BCUT2D eigenvalue weighted by Gasteiger charge is 2.16. The van der Waals surface area contributed by atoms with Crippen molar-refractivity contribution in [1.82, 2.24) is 5.32 Å². The van der Waals surface area contributed by atoms with Crippen LogP contribution in [0.3, 0.4) is 0 Å². The van der Waals surface area contributed by atoms with Gasteiger partial charge in [0.15, 0.2) is 0 Å². The summed E-state index contributed by atoms with van der Waals surface area (Å²) in [5.41, 5.74) is 1.77. The van der Waals surface area contributed by atoms with Crippen molar-refractivity contribution < 1.29 is 9.59 Å². The van der Waals surface area contributed by atoms with Crippen LogP contribution in [-0.2, 0) is 9.59 Å². The molecule has 0 radical (unpaired) electrons. The van der Waals surface area contributed by atoms with Crippen LogP contribution in [0.2, 0.25) is 0 Å². The van der Waals surface area contributed by atoms with Crippen LogP contribution in [0.1, 0.15) is 44.9 Å². The van der Waals surface area contributed by atoms with Crippen LogP contribution >= 0.6 is 0 Å². The molecule has 5 nitrogen and oxygen atoms in total. The standard InChI is InChI=1S/C18H27N3O2/c1-21(2)16-11-9-15(10-12-16)20-18(23)13-17(22)19-14-7-5-3-4-6-8-14/h9-12,14H,3-8,13H2,1-2H3,(H,19,22)(H,20,23). The Kier molecular flexibility index (Phi) is 6.44. The number of carbonyl (C=O) groups excluding carboxylic acids is 2. The summed E-state index contributed by atoms with van der Waals surface area (Å²) in [7, 11) is 3.93. The maximum absolute atomic E-state index is 12.0. The van der Waals surface area contributed by atoms with Crippen LogP contribution < -0.4 is 15.5 Å². The van der Waals surface area contributed by atoms with Crippen molar-refractivity contribution in [2.45, 2.75) is 51.0 Å². The van der Waals surface area contributed by atoms with E-state index in [1.165, 1.54) is 12.8 Å². The molecule has 126 valence electrons. The fraction of sp³-hybridized carbons (Fsp3) is 0.556. The Labute approximate surface area is 138 Å². The quantitative estimate of drug-likeness (QED) is 0.648. The van der Waals surface area contributed by atoms with Gasteiger partial charge in [0.05, 0.1) is 0 Å². The first kappa shape index (κ1) is 17.3. The van der Waals surface area contributed by atoms with Crippen molar-refractivity contribution in [2.75, 3.05) is 24.3 Å². The molecule has 0 heterocycles. The average Bonchev–Trinajstić information content (AvgIpc) is 2.76. The molecule has 0 atom stereocenters. The van der Waals surface area contributed by atoms with Gasteiger partial charge in [0, 0.05) is 31.5 Å². The molecule has 1 aliphatic rings. The largest absolute Gasteiger partial charge is 0.378 e. The minimum atomic E-state index is -0.270. The molecule has 2 amide bonds. The summed E-state index contributed by atoms with van der Waals surface area (Å²) in [6.45, 7) is 0. The van der Waals surface area contributed by atoms with Crippen molar-refractivity contribution in [3.05, 3.63) is 24.3 Å². The van der Waals surface area contributed by atoms with Gasteiger partial charge in [0.25, 0.3) is 0 Å². The number of carbonyl (C=O) groups is 2. The van der Waals surface area contributed by atoms with E-state index < -0.39 is 0 Å². The van der Waals surface area contributed by atoms with Crippen molar-refractivity contribution >= 4 is 23.2 Å². The zero-order chi connectivity index (χ0) is 16.7. The van der Waals surface area contributed by atoms with Crippen LogP contribution in [0.15, 0.2) is 24.3 Å². The molecule has 1 aromatic carbocycles. The fourth-order valence-electron chi connectivity index (χ4n) is 2.90. The molecule has 0 bridgehead atoms. The SMILES string of the molecule is CN(C)c1ccc(NC(=O)CC(=O)NC2CCCCCC2)cc1. The average molecular weight is 317 g/mol. The molecule has 0 spiro atoms. The van der Waals surface area contributed by atoms with E-state index in [0.717, 1.165) is 31.4 Å². The third-order valence-corrected chi connectivity index (χ3v) is 4.21. The van der Waals surface area contributed by atoms with E-state index in [4.69, 9.17) is 0 Å². The van der Waals surface area contributed by atoms with Crippen molar-refractivity contribution in [3.8, 4) is 0 Å². The van der Waals surface area contributed by atoms with Gasteiger partial charge in [-0.2, -0.15) is 0 Å². The highest BCUT2D eigenvalue weighted by Crippen LogP contribution is 2.18. The van der Waals surface area contributed by atoms with Crippen LogP contribution in [-0.4, -0.2) is 32.0 Å². The zero-order valence-electron chi connectivity index (χ0n) is 14.1. The molecule has 1 aliphatic carbocycles. The Bertz CT molecular complexity index is 518. The first-order valence-electron chi connectivity index (χ1n) is 8.41. The van der Waals surface area contributed by atoms with Gasteiger partial charge in [0.1, 0.15) is 6.42 Å². The molecule has 1 aromatic rings. The number of rotatable bonds is 5. The maximum Gasteiger partial charge on any atom is 0.233 e. The van der Waals surface area contributed by atoms with E-state index in [2.05, 4.69) is 10.6 Å². The molecule has 0 saturated heterocycles. The van der Waals surface area contributed by atoms with Crippen LogP contribution in [0.25, 0.3) is 0 Å². The van der Waals surface area contributed by atoms with Gasteiger partial charge in [-0.25, -0.2) is 0 Å². The molecule has 2 rings (SSSR count). The van der Waals surface area contributed by atoms with Crippen LogP contribution in [0.4, 0.5) is 11.4 Å². The Hall–Kier alpha value is -2.04. The Morgan fingerprint density at radius 1 is 1.00 bits per heavy atom. The molecule has 0 unspecified atom stereocenters. The summed E-state index contributed by atoms with van der Waals surface area (Å²) in [4.78, 5) is 25.9. The van der Waals surface area contributed by atoms with Gasteiger partial charge < -0.3 is 15.5 Å². The lowest BCUT2D eigenvalue weighted by Crippen LogP contribution is -2.36. The molecular weight excluding hydrogens is 290 g/mol. The normalized spacial score (nSPS) is 15.6. The number of anilines is 2. The molecule has 0 aromatic heterocycles. The Morgan fingerprint density at radius 3 is 2.17 bits per heavy atom. The number of benzene rings is 1. The lowest BCUT2D eigenvalue weighted by Gasteiger charge is -2.16. The maximum atomic E-state index is 12.0. The van der Waals surface area contributed by atoms with Gasteiger partial charge >= 0.3 is 0 Å². The number of nitrogens with zero attached hydrogens (tertiary/aromatic N) is 1. The van der Waals surface area contributed by atoms with E-state index in [1.54, 1.807) is 0 Å². The monoisotopic (exact) mass is 317 g/mol. The minimum absolute atomic E-state index is 0.119. The lowest BCUT2D eigenvalue weighted by atomic mass is 10.1. The molecule has 0 aliphatic heterocycles. The van der Waals surface area contributed by atoms with E-state index >= 15 is 0 Å². The van der Waals surface area contributed by atoms with Gasteiger partial charge in [-0.05, 0) is 37.1 Å². The van der Waals surface area contributed by atoms with E-state index in [1.807, 2.05) is 43.3 Å². The molecule has 23 heavy (non-hydrogen) atoms. The Balaban J connectivity index is 1.78. The summed E-state index contributed by atoms with van der Waals surface area (Å²) in [5, 5.41) is 5.76. The number of amides is 2. The predicted octanol–water partition coefficient (Wildman–Crippen LogP) is 2.92. The van der Waals surface area contributed by atoms with Crippen molar-refractivity contribution in [1.29, 1.82) is 0 Å². The Morgan fingerprint density at radius 2 is 1.61 bits per heavy atom. The second-order valence-electron chi connectivity index (χ2n) is 6.42. The first-order valence-corrected chi connectivity index (χ1v) is 8.41. The molecule has 1 saturated carbocycles. The lowest BCUT2D eigenvalue weighted by molar-refractivity contribution is -0.127. The van der Waals surface area contributed by atoms with Crippen LogP contribution in [0, 0.1) is 0 Å². The van der Waals surface area contributed by atoms with Crippen LogP contribution in [0.5, 0.6) is 0 Å². The van der Waals surface area contributed by atoms with Crippen molar-refractivity contribution in [2.24, 2.45) is 0 Å². The first-order chi connectivity index (χ1) is 11.0. The second-order valence-corrected chi connectivity index (χ2v) is 6.42. The number of nitrogens with one attached hydrogen (secondary N) is 2. The summed E-state index contributed by atoms with van der Waals surface area (Å²) < 4.78 is 0. The summed E-state index contributed by atoms with van der Waals surface area (Å²) in [5.74, 6) is -0.451. The second kappa shape index (κ2) is 8.56.